The molecule has 0 radical (unpaired) electrons. The average Bonchev–Trinajstić information content (AvgIpc) is 2.60. The van der Waals surface area contributed by atoms with E-state index in [-0.39, 0.29) is 12.6 Å². The molecule has 0 aromatic heterocycles. The minimum absolute atomic E-state index is 0.133. The summed E-state index contributed by atoms with van der Waals surface area (Å²) >= 11 is 0. The summed E-state index contributed by atoms with van der Waals surface area (Å²) in [5, 5.41) is 12.9. The van der Waals surface area contributed by atoms with E-state index in [1.165, 1.54) is 0 Å². The summed E-state index contributed by atoms with van der Waals surface area (Å²) in [4.78, 5) is 2.64. The maximum absolute atomic E-state index is 9.54. The second kappa shape index (κ2) is 3.62. The van der Waals surface area contributed by atoms with Crippen LogP contribution in [0.1, 0.15) is 13.8 Å². The topological polar surface area (TPSA) is 96.7 Å². The zero-order valence-corrected chi connectivity index (χ0v) is 8.53. The summed E-state index contributed by atoms with van der Waals surface area (Å²) in [7, 11) is 0. The lowest BCUT2D eigenvalue weighted by molar-refractivity contribution is -0.218. The molecule has 0 bridgehead atoms. The van der Waals surface area contributed by atoms with Gasteiger partial charge < -0.3 is 19.3 Å². The third kappa shape index (κ3) is 1.92. The Morgan fingerprint density at radius 3 is 2.73 bits per heavy atom. The van der Waals surface area contributed by atoms with Crippen LogP contribution < -0.4 is 0 Å². The number of azide groups is 1. The molecule has 2 rings (SSSR count). The molecule has 1 unspecified atom stereocenters. The average molecular weight is 215 g/mol. The third-order valence-corrected chi connectivity index (χ3v) is 2.45. The van der Waals surface area contributed by atoms with Crippen LogP contribution in [-0.4, -0.2) is 42.0 Å². The monoisotopic (exact) mass is 215 g/mol. The standard InChI is InChI=1S/C8H13N3O4/c1-8(2)14-5-4(3-10-11-9)13-7(12)6(5)15-8/h4-7,12H,3H2,1-2H3/t4-,5+,6+,7?/m1/s1. The molecule has 4 atom stereocenters. The van der Waals surface area contributed by atoms with Crippen molar-refractivity contribution in [1.29, 1.82) is 0 Å². The Morgan fingerprint density at radius 2 is 2.07 bits per heavy atom. The molecule has 2 aliphatic rings. The highest BCUT2D eigenvalue weighted by molar-refractivity contribution is 4.95. The van der Waals surface area contributed by atoms with Crippen molar-refractivity contribution in [3.63, 3.8) is 0 Å². The zero-order valence-electron chi connectivity index (χ0n) is 8.53. The first-order chi connectivity index (χ1) is 7.03. The van der Waals surface area contributed by atoms with Crippen LogP contribution >= 0.6 is 0 Å². The van der Waals surface area contributed by atoms with Crippen LogP contribution in [0.25, 0.3) is 10.4 Å². The summed E-state index contributed by atoms with van der Waals surface area (Å²) in [6.45, 7) is 3.67. The Morgan fingerprint density at radius 1 is 1.40 bits per heavy atom. The van der Waals surface area contributed by atoms with Gasteiger partial charge in [-0.05, 0) is 19.4 Å². The fraction of sp³-hybridized carbons (Fsp3) is 1.00. The van der Waals surface area contributed by atoms with Crippen LogP contribution in [0.15, 0.2) is 5.11 Å². The number of rotatable bonds is 2. The van der Waals surface area contributed by atoms with Gasteiger partial charge in [-0.2, -0.15) is 0 Å². The van der Waals surface area contributed by atoms with Crippen LogP contribution in [0.4, 0.5) is 0 Å². The molecule has 2 heterocycles. The van der Waals surface area contributed by atoms with Gasteiger partial charge >= 0.3 is 0 Å². The van der Waals surface area contributed by atoms with Gasteiger partial charge in [-0.15, -0.1) is 0 Å². The minimum atomic E-state index is -1.02. The first-order valence-corrected chi connectivity index (χ1v) is 4.73. The maximum atomic E-state index is 9.54. The summed E-state index contributed by atoms with van der Waals surface area (Å²) in [5.74, 6) is -0.727. The van der Waals surface area contributed by atoms with Gasteiger partial charge in [0.05, 0.1) is 12.6 Å². The van der Waals surface area contributed by atoms with E-state index in [9.17, 15) is 5.11 Å². The maximum Gasteiger partial charge on any atom is 0.184 e. The Bertz CT molecular complexity index is 302. The van der Waals surface area contributed by atoms with Crippen molar-refractivity contribution < 1.29 is 19.3 Å². The number of hydrogen-bond donors (Lipinski definition) is 1. The van der Waals surface area contributed by atoms with Gasteiger partial charge in [0, 0.05) is 4.91 Å². The molecule has 15 heavy (non-hydrogen) atoms. The highest BCUT2D eigenvalue weighted by atomic mass is 16.8. The van der Waals surface area contributed by atoms with E-state index in [0.29, 0.717) is 0 Å². The fourth-order valence-electron chi connectivity index (χ4n) is 1.92. The molecule has 2 saturated heterocycles. The van der Waals surface area contributed by atoms with E-state index in [4.69, 9.17) is 19.7 Å². The molecule has 84 valence electrons. The van der Waals surface area contributed by atoms with Gasteiger partial charge in [0.2, 0.25) is 0 Å². The molecule has 0 spiro atoms. The van der Waals surface area contributed by atoms with Crippen molar-refractivity contribution >= 4 is 0 Å². The molecule has 0 saturated carbocycles. The van der Waals surface area contributed by atoms with Gasteiger partial charge in [-0.1, -0.05) is 5.11 Å². The number of aliphatic hydroxyl groups excluding tert-OH is 1. The summed E-state index contributed by atoms with van der Waals surface area (Å²) < 4.78 is 16.2. The highest BCUT2D eigenvalue weighted by Gasteiger charge is 2.54. The number of ether oxygens (including phenoxy) is 3. The van der Waals surface area contributed by atoms with E-state index < -0.39 is 24.3 Å². The molecule has 2 aliphatic heterocycles. The molecular weight excluding hydrogens is 202 g/mol. The molecule has 0 amide bonds. The first-order valence-electron chi connectivity index (χ1n) is 4.73. The Balaban J connectivity index is 2.08. The molecule has 0 aromatic carbocycles. The third-order valence-electron chi connectivity index (χ3n) is 2.45. The fourth-order valence-corrected chi connectivity index (χ4v) is 1.92. The largest absolute Gasteiger partial charge is 0.366 e. The lowest BCUT2D eigenvalue weighted by Gasteiger charge is -2.21. The summed E-state index contributed by atoms with van der Waals surface area (Å²) in [6, 6.07) is 0. The van der Waals surface area contributed by atoms with Gasteiger partial charge in [0.1, 0.15) is 12.2 Å². The Labute approximate surface area is 86.6 Å². The van der Waals surface area contributed by atoms with Crippen molar-refractivity contribution in [1.82, 2.24) is 0 Å². The molecule has 0 aromatic rings. The molecule has 2 fully saturated rings. The lowest BCUT2D eigenvalue weighted by Crippen LogP contribution is -2.31. The molecule has 0 aliphatic carbocycles. The Hall–Kier alpha value is -0.850. The van der Waals surface area contributed by atoms with Crippen molar-refractivity contribution in [3.8, 4) is 0 Å². The van der Waals surface area contributed by atoms with Crippen molar-refractivity contribution in [2.75, 3.05) is 6.54 Å². The van der Waals surface area contributed by atoms with Gasteiger partial charge in [0.25, 0.3) is 0 Å². The second-order valence-corrected chi connectivity index (χ2v) is 4.04. The number of aliphatic hydroxyl groups is 1. The van der Waals surface area contributed by atoms with E-state index in [1.54, 1.807) is 13.8 Å². The molecule has 1 N–H and O–H groups in total. The highest BCUT2D eigenvalue weighted by Crippen LogP contribution is 2.37. The second-order valence-electron chi connectivity index (χ2n) is 4.04. The van der Waals surface area contributed by atoms with Crippen molar-refractivity contribution in [3.05, 3.63) is 10.4 Å². The van der Waals surface area contributed by atoms with E-state index >= 15 is 0 Å². The van der Waals surface area contributed by atoms with Crippen LogP contribution in [0.2, 0.25) is 0 Å². The lowest BCUT2D eigenvalue weighted by atomic mass is 10.1. The van der Waals surface area contributed by atoms with Crippen LogP contribution in [-0.2, 0) is 14.2 Å². The normalized spacial score (nSPS) is 42.3. The molecular formula is C8H13N3O4. The summed E-state index contributed by atoms with van der Waals surface area (Å²) in [5.41, 5.74) is 8.20. The van der Waals surface area contributed by atoms with Gasteiger partial charge in [-0.3, -0.25) is 0 Å². The first kappa shape index (κ1) is 10.7. The molecule has 7 nitrogen and oxygen atoms in total. The zero-order chi connectivity index (χ0) is 11.1. The van der Waals surface area contributed by atoms with E-state index in [2.05, 4.69) is 10.0 Å². The number of hydrogen-bond acceptors (Lipinski definition) is 5. The Kier molecular flexibility index (Phi) is 2.57. The quantitative estimate of drug-likeness (QED) is 0.413. The van der Waals surface area contributed by atoms with Crippen LogP contribution in [0, 0.1) is 0 Å². The minimum Gasteiger partial charge on any atom is -0.366 e. The number of fused-ring (bicyclic) bond motifs is 1. The van der Waals surface area contributed by atoms with Crippen LogP contribution in [0.5, 0.6) is 0 Å². The van der Waals surface area contributed by atoms with Crippen molar-refractivity contribution in [2.24, 2.45) is 5.11 Å². The predicted molar refractivity (Wildman–Crippen MR) is 48.7 cm³/mol. The number of nitrogens with zero attached hydrogens (tertiary/aromatic N) is 3. The smallest absolute Gasteiger partial charge is 0.184 e. The predicted octanol–water partition coefficient (Wildman–Crippen LogP) is 0.534. The van der Waals surface area contributed by atoms with E-state index in [0.717, 1.165) is 0 Å². The molecule has 7 heteroatoms. The van der Waals surface area contributed by atoms with Crippen LogP contribution in [0.3, 0.4) is 0 Å². The van der Waals surface area contributed by atoms with E-state index in [1.807, 2.05) is 0 Å². The summed E-state index contributed by atoms with van der Waals surface area (Å²) in [6.07, 6.45) is -2.34. The van der Waals surface area contributed by atoms with Crippen molar-refractivity contribution in [2.45, 2.75) is 44.2 Å². The SMILES string of the molecule is CC1(C)O[C@@H]2[C@H](O1)C(O)O[C@@H]2CN=[N+]=[N-]. The van der Waals surface area contributed by atoms with Gasteiger partial charge in [-0.25, -0.2) is 0 Å². The van der Waals surface area contributed by atoms with Gasteiger partial charge in [0.15, 0.2) is 12.1 Å².